The van der Waals surface area contributed by atoms with Crippen molar-refractivity contribution in [3.63, 3.8) is 0 Å². The molecule has 0 rings (SSSR count). The van der Waals surface area contributed by atoms with Gasteiger partial charge in [-0.05, 0) is 44.9 Å². The molecule has 0 aliphatic carbocycles. The molecular weight excluding hydrogens is 196 g/mol. The summed E-state index contributed by atoms with van der Waals surface area (Å²) in [6.45, 7) is 8.99. The fraction of sp³-hybridized carbons (Fsp3) is 0.733. The SMILES string of the molecule is CCC/C=C/C(C)(CCO)CCC=C(C)C. The van der Waals surface area contributed by atoms with Gasteiger partial charge in [0.15, 0.2) is 0 Å². The molecule has 94 valence electrons. The zero-order valence-electron chi connectivity index (χ0n) is 11.4. The van der Waals surface area contributed by atoms with Crippen molar-refractivity contribution in [3.8, 4) is 0 Å². The fourth-order valence-electron chi connectivity index (χ4n) is 1.77. The van der Waals surface area contributed by atoms with Gasteiger partial charge in [-0.25, -0.2) is 0 Å². The molecule has 1 N–H and O–H groups in total. The van der Waals surface area contributed by atoms with Gasteiger partial charge in [0.1, 0.15) is 0 Å². The van der Waals surface area contributed by atoms with Crippen LogP contribution in [0.5, 0.6) is 0 Å². The van der Waals surface area contributed by atoms with Crippen LogP contribution < -0.4 is 0 Å². The zero-order chi connectivity index (χ0) is 12.4. The van der Waals surface area contributed by atoms with E-state index in [9.17, 15) is 0 Å². The van der Waals surface area contributed by atoms with E-state index >= 15 is 0 Å². The maximum atomic E-state index is 9.12. The minimum atomic E-state index is 0.163. The van der Waals surface area contributed by atoms with Crippen LogP contribution in [0.3, 0.4) is 0 Å². The average molecular weight is 224 g/mol. The van der Waals surface area contributed by atoms with Crippen LogP contribution in [0, 0.1) is 5.41 Å². The van der Waals surface area contributed by atoms with Gasteiger partial charge in [0.2, 0.25) is 0 Å². The van der Waals surface area contributed by atoms with Crippen molar-refractivity contribution in [2.24, 2.45) is 5.41 Å². The molecule has 0 bridgehead atoms. The molecular formula is C15H28O. The van der Waals surface area contributed by atoms with Gasteiger partial charge < -0.3 is 5.11 Å². The van der Waals surface area contributed by atoms with Gasteiger partial charge in [0.05, 0.1) is 0 Å². The van der Waals surface area contributed by atoms with Crippen molar-refractivity contribution >= 4 is 0 Å². The molecule has 0 aromatic carbocycles. The first kappa shape index (κ1) is 15.4. The van der Waals surface area contributed by atoms with E-state index in [2.05, 4.69) is 45.9 Å². The second-order valence-electron chi connectivity index (χ2n) is 5.14. The number of aliphatic hydroxyl groups is 1. The van der Waals surface area contributed by atoms with Crippen molar-refractivity contribution < 1.29 is 5.11 Å². The van der Waals surface area contributed by atoms with Gasteiger partial charge in [-0.2, -0.15) is 0 Å². The molecule has 0 aromatic heterocycles. The predicted octanol–water partition coefficient (Wildman–Crippen LogP) is 4.48. The molecule has 0 heterocycles. The standard InChI is InChI=1S/C15H28O/c1-5-6-7-10-15(4,12-13-16)11-8-9-14(2)3/h7,9-10,16H,5-6,8,11-13H2,1-4H3/b10-7+. The topological polar surface area (TPSA) is 20.2 Å². The summed E-state index contributed by atoms with van der Waals surface area (Å²) in [5.41, 5.74) is 1.54. The molecule has 0 spiro atoms. The minimum absolute atomic E-state index is 0.163. The summed E-state index contributed by atoms with van der Waals surface area (Å²) in [5.74, 6) is 0. The Hall–Kier alpha value is -0.560. The minimum Gasteiger partial charge on any atom is -0.396 e. The van der Waals surface area contributed by atoms with Crippen molar-refractivity contribution in [2.75, 3.05) is 6.61 Å². The van der Waals surface area contributed by atoms with Crippen LogP contribution in [0.1, 0.15) is 59.8 Å². The van der Waals surface area contributed by atoms with Crippen molar-refractivity contribution in [2.45, 2.75) is 59.8 Å². The highest BCUT2D eigenvalue weighted by atomic mass is 16.3. The maximum absolute atomic E-state index is 9.12. The number of unbranched alkanes of at least 4 members (excludes halogenated alkanes) is 1. The molecule has 1 nitrogen and oxygen atoms in total. The highest BCUT2D eigenvalue weighted by Gasteiger charge is 2.18. The van der Waals surface area contributed by atoms with Crippen LogP contribution in [0.4, 0.5) is 0 Å². The van der Waals surface area contributed by atoms with Crippen LogP contribution in [-0.2, 0) is 0 Å². The number of hydrogen-bond acceptors (Lipinski definition) is 1. The van der Waals surface area contributed by atoms with E-state index in [0.29, 0.717) is 0 Å². The molecule has 0 amide bonds. The zero-order valence-corrected chi connectivity index (χ0v) is 11.4. The predicted molar refractivity (Wildman–Crippen MR) is 72.5 cm³/mol. The van der Waals surface area contributed by atoms with E-state index in [4.69, 9.17) is 5.11 Å². The van der Waals surface area contributed by atoms with E-state index in [1.165, 1.54) is 12.0 Å². The summed E-state index contributed by atoms with van der Waals surface area (Å²) in [6, 6.07) is 0. The van der Waals surface area contributed by atoms with Crippen LogP contribution in [0.2, 0.25) is 0 Å². The molecule has 0 radical (unpaired) electrons. The quantitative estimate of drug-likeness (QED) is 0.603. The largest absolute Gasteiger partial charge is 0.396 e. The molecule has 1 heteroatoms. The highest BCUT2D eigenvalue weighted by molar-refractivity contribution is 5.00. The van der Waals surface area contributed by atoms with Crippen LogP contribution in [-0.4, -0.2) is 11.7 Å². The second-order valence-corrected chi connectivity index (χ2v) is 5.14. The van der Waals surface area contributed by atoms with Gasteiger partial charge >= 0.3 is 0 Å². The summed E-state index contributed by atoms with van der Waals surface area (Å²) in [7, 11) is 0. The Bertz CT molecular complexity index is 224. The van der Waals surface area contributed by atoms with Crippen LogP contribution in [0.15, 0.2) is 23.8 Å². The summed E-state index contributed by atoms with van der Waals surface area (Å²) in [6.07, 6.45) is 12.3. The van der Waals surface area contributed by atoms with E-state index < -0.39 is 0 Å². The Morgan fingerprint density at radius 2 is 1.88 bits per heavy atom. The lowest BCUT2D eigenvalue weighted by Crippen LogP contribution is -2.14. The van der Waals surface area contributed by atoms with Crippen molar-refractivity contribution in [3.05, 3.63) is 23.8 Å². The summed E-state index contributed by atoms with van der Waals surface area (Å²) in [5, 5.41) is 9.12. The first-order valence-corrected chi connectivity index (χ1v) is 6.46. The lowest BCUT2D eigenvalue weighted by Gasteiger charge is -2.24. The van der Waals surface area contributed by atoms with Crippen LogP contribution in [0.25, 0.3) is 0 Å². The Kier molecular flexibility index (Phi) is 8.28. The Morgan fingerprint density at radius 3 is 2.38 bits per heavy atom. The summed E-state index contributed by atoms with van der Waals surface area (Å²) >= 11 is 0. The third kappa shape index (κ3) is 7.70. The molecule has 1 unspecified atom stereocenters. The van der Waals surface area contributed by atoms with E-state index in [0.717, 1.165) is 25.7 Å². The highest BCUT2D eigenvalue weighted by Crippen LogP contribution is 2.29. The first-order chi connectivity index (χ1) is 7.54. The smallest absolute Gasteiger partial charge is 0.0439 e. The first-order valence-electron chi connectivity index (χ1n) is 6.46. The third-order valence-corrected chi connectivity index (χ3v) is 2.93. The molecule has 16 heavy (non-hydrogen) atoms. The van der Waals surface area contributed by atoms with Crippen molar-refractivity contribution in [1.82, 2.24) is 0 Å². The van der Waals surface area contributed by atoms with E-state index in [1.807, 2.05) is 0 Å². The normalized spacial score (nSPS) is 15.1. The summed E-state index contributed by atoms with van der Waals surface area (Å²) in [4.78, 5) is 0. The average Bonchev–Trinajstić information content (AvgIpc) is 2.18. The van der Waals surface area contributed by atoms with Gasteiger partial charge in [-0.1, -0.05) is 44.1 Å². The van der Waals surface area contributed by atoms with Crippen LogP contribution >= 0.6 is 0 Å². The number of allylic oxidation sites excluding steroid dienone is 4. The Morgan fingerprint density at radius 1 is 1.19 bits per heavy atom. The maximum Gasteiger partial charge on any atom is 0.0439 e. The lowest BCUT2D eigenvalue weighted by molar-refractivity contribution is 0.223. The lowest BCUT2D eigenvalue weighted by atomic mass is 9.81. The fourth-order valence-corrected chi connectivity index (χ4v) is 1.77. The number of aliphatic hydroxyl groups excluding tert-OH is 1. The van der Waals surface area contributed by atoms with E-state index in [-0.39, 0.29) is 12.0 Å². The monoisotopic (exact) mass is 224 g/mol. The molecule has 1 atom stereocenters. The summed E-state index contributed by atoms with van der Waals surface area (Å²) < 4.78 is 0. The Balaban J connectivity index is 4.26. The number of hydrogen-bond donors (Lipinski definition) is 1. The molecule has 0 fully saturated rings. The molecule has 0 aliphatic heterocycles. The molecule has 0 saturated heterocycles. The van der Waals surface area contributed by atoms with Gasteiger partial charge in [0.25, 0.3) is 0 Å². The molecule has 0 saturated carbocycles. The Labute approximate surface area is 101 Å². The second kappa shape index (κ2) is 8.58. The molecule has 0 aliphatic rings. The third-order valence-electron chi connectivity index (χ3n) is 2.93. The van der Waals surface area contributed by atoms with Gasteiger partial charge in [-0.15, -0.1) is 0 Å². The number of rotatable bonds is 8. The van der Waals surface area contributed by atoms with Gasteiger partial charge in [-0.3, -0.25) is 0 Å². The van der Waals surface area contributed by atoms with Gasteiger partial charge in [0, 0.05) is 6.61 Å². The molecule has 0 aromatic rings. The van der Waals surface area contributed by atoms with E-state index in [1.54, 1.807) is 0 Å². The van der Waals surface area contributed by atoms with Crippen molar-refractivity contribution in [1.29, 1.82) is 0 Å².